The Balaban J connectivity index is 0.00000544. The summed E-state index contributed by atoms with van der Waals surface area (Å²) in [7, 11) is -4.46. The van der Waals surface area contributed by atoms with Crippen LogP contribution in [0, 0.1) is 0 Å². The van der Waals surface area contributed by atoms with Crippen molar-refractivity contribution >= 4 is 13.7 Å². The molecule has 0 saturated carbocycles. The van der Waals surface area contributed by atoms with Crippen molar-refractivity contribution in [3.05, 3.63) is 35.4 Å². The van der Waals surface area contributed by atoms with Crippen molar-refractivity contribution in [3.8, 4) is 0 Å². The zero-order chi connectivity index (χ0) is 23.2. The molecule has 1 fully saturated rings. The van der Waals surface area contributed by atoms with Gasteiger partial charge in [0.2, 0.25) is 5.91 Å². The molecule has 0 atom stereocenters. The van der Waals surface area contributed by atoms with Crippen molar-refractivity contribution < 1.29 is 23.7 Å². The maximum Gasteiger partial charge on any atom is 0.469 e. The molecule has 190 valence electrons. The maximum atomic E-state index is 12.1. The molecule has 0 unspecified atom stereocenters. The van der Waals surface area contributed by atoms with Crippen LogP contribution < -0.4 is 6.15 Å². The minimum Gasteiger partial charge on any atom is -0.344 e. The number of nitrogens with zero attached hydrogens (tertiary/aromatic N) is 1. The van der Waals surface area contributed by atoms with Crippen LogP contribution in [0.4, 0.5) is 0 Å². The lowest BCUT2D eigenvalue weighted by Gasteiger charge is -2.38. The van der Waals surface area contributed by atoms with Gasteiger partial charge in [-0.05, 0) is 43.2 Å². The predicted octanol–water partition coefficient (Wildman–Crippen LogP) is 5.95. The van der Waals surface area contributed by atoms with Crippen LogP contribution in [-0.4, -0.2) is 39.8 Å². The van der Waals surface area contributed by atoms with Crippen LogP contribution in [0.1, 0.15) is 95.1 Å². The molecular formula is C25H45N2O5P. The van der Waals surface area contributed by atoms with Gasteiger partial charge in [-0.15, -0.1) is 0 Å². The highest BCUT2D eigenvalue weighted by Crippen LogP contribution is 2.39. The van der Waals surface area contributed by atoms with Gasteiger partial charge in [-0.2, -0.15) is 0 Å². The zero-order valence-electron chi connectivity index (χ0n) is 20.4. The number of aryl methyl sites for hydroxylation is 2. The molecule has 1 aromatic rings. The number of phosphoric ester groups is 1. The first-order valence-electron chi connectivity index (χ1n) is 12.5. The van der Waals surface area contributed by atoms with Gasteiger partial charge in [0.15, 0.2) is 0 Å². The Kier molecular flexibility index (Phi) is 14.8. The molecule has 5 N–H and O–H groups in total. The van der Waals surface area contributed by atoms with Gasteiger partial charge >= 0.3 is 7.82 Å². The van der Waals surface area contributed by atoms with Gasteiger partial charge < -0.3 is 20.8 Å². The fourth-order valence-electron chi connectivity index (χ4n) is 4.32. The molecule has 0 aromatic heterocycles. The molecule has 8 heteroatoms. The van der Waals surface area contributed by atoms with E-state index in [4.69, 9.17) is 9.79 Å². The van der Waals surface area contributed by atoms with Crippen LogP contribution in [0.15, 0.2) is 24.3 Å². The summed E-state index contributed by atoms with van der Waals surface area (Å²) in [5.41, 5.74) is 3.02. The Morgan fingerprint density at radius 2 is 1.39 bits per heavy atom. The number of hydrogen-bond donors (Lipinski definition) is 3. The van der Waals surface area contributed by atoms with Gasteiger partial charge in [0.1, 0.15) is 6.10 Å². The smallest absolute Gasteiger partial charge is 0.344 e. The Morgan fingerprint density at radius 3 is 1.91 bits per heavy atom. The van der Waals surface area contributed by atoms with Crippen molar-refractivity contribution in [2.45, 2.75) is 103 Å². The van der Waals surface area contributed by atoms with Crippen LogP contribution in [-0.2, 0) is 26.7 Å². The second kappa shape index (κ2) is 16.4. The van der Waals surface area contributed by atoms with Gasteiger partial charge in [0.05, 0.1) is 0 Å². The molecule has 1 saturated heterocycles. The van der Waals surface area contributed by atoms with E-state index in [-0.39, 0.29) is 25.1 Å². The average Bonchev–Trinajstić information content (AvgIpc) is 2.72. The van der Waals surface area contributed by atoms with Crippen molar-refractivity contribution in [1.29, 1.82) is 0 Å². The van der Waals surface area contributed by atoms with Crippen molar-refractivity contribution in [3.63, 3.8) is 0 Å². The van der Waals surface area contributed by atoms with Crippen molar-refractivity contribution in [2.24, 2.45) is 0 Å². The van der Waals surface area contributed by atoms with Gasteiger partial charge in [-0.25, -0.2) is 4.57 Å². The zero-order valence-corrected chi connectivity index (χ0v) is 21.3. The monoisotopic (exact) mass is 484 g/mol. The summed E-state index contributed by atoms with van der Waals surface area (Å²) >= 11 is 0. The molecule has 0 radical (unpaired) electrons. The third-order valence-electron chi connectivity index (χ3n) is 6.24. The quantitative estimate of drug-likeness (QED) is 0.185. The molecule has 2 rings (SSSR count). The number of hydrogen-bond acceptors (Lipinski definition) is 4. The SMILES string of the molecule is CCCCCCCCc1ccccc1CCCCCCCC(=O)N1CC(OP(=O)(O)O)C1.N. The van der Waals surface area contributed by atoms with Crippen LogP contribution in [0.5, 0.6) is 0 Å². The molecule has 7 nitrogen and oxygen atoms in total. The lowest BCUT2D eigenvalue weighted by molar-refractivity contribution is -0.140. The van der Waals surface area contributed by atoms with E-state index in [1.807, 2.05) is 0 Å². The topological polar surface area (TPSA) is 122 Å². The third kappa shape index (κ3) is 12.7. The van der Waals surface area contributed by atoms with E-state index in [0.29, 0.717) is 6.42 Å². The van der Waals surface area contributed by atoms with Gasteiger partial charge in [-0.3, -0.25) is 9.32 Å². The minimum absolute atomic E-state index is 0. The summed E-state index contributed by atoms with van der Waals surface area (Å²) in [6.07, 6.45) is 15.7. The Morgan fingerprint density at radius 1 is 0.909 bits per heavy atom. The molecule has 33 heavy (non-hydrogen) atoms. The predicted molar refractivity (Wildman–Crippen MR) is 133 cm³/mol. The Hall–Kier alpha value is -1.24. The van der Waals surface area contributed by atoms with E-state index in [1.165, 1.54) is 68.9 Å². The molecule has 0 aliphatic carbocycles. The Bertz CT molecular complexity index is 719. The lowest BCUT2D eigenvalue weighted by Crippen LogP contribution is -2.54. The summed E-state index contributed by atoms with van der Waals surface area (Å²) < 4.78 is 15.4. The van der Waals surface area contributed by atoms with Crippen LogP contribution >= 0.6 is 7.82 Å². The number of unbranched alkanes of at least 4 members (excludes halogenated alkanes) is 9. The average molecular weight is 485 g/mol. The molecule has 1 amide bonds. The first-order chi connectivity index (χ1) is 15.4. The van der Waals surface area contributed by atoms with E-state index >= 15 is 0 Å². The summed E-state index contributed by atoms with van der Waals surface area (Å²) in [5.74, 6) is 0.0548. The minimum atomic E-state index is -4.46. The highest BCUT2D eigenvalue weighted by molar-refractivity contribution is 7.46. The van der Waals surface area contributed by atoms with E-state index in [9.17, 15) is 9.36 Å². The molecule has 0 bridgehead atoms. The molecule has 0 spiro atoms. The molecule has 1 aromatic carbocycles. The highest BCUT2D eigenvalue weighted by Gasteiger charge is 2.35. The van der Waals surface area contributed by atoms with Crippen LogP contribution in [0.3, 0.4) is 0 Å². The van der Waals surface area contributed by atoms with E-state index in [2.05, 4.69) is 35.7 Å². The van der Waals surface area contributed by atoms with Gasteiger partial charge in [0, 0.05) is 19.5 Å². The van der Waals surface area contributed by atoms with Gasteiger partial charge in [-0.1, -0.05) is 82.6 Å². The molecule has 1 aliphatic heterocycles. The van der Waals surface area contributed by atoms with Crippen LogP contribution in [0.25, 0.3) is 0 Å². The highest BCUT2D eigenvalue weighted by atomic mass is 31.2. The van der Waals surface area contributed by atoms with Gasteiger partial charge in [0.25, 0.3) is 0 Å². The second-order valence-electron chi connectivity index (χ2n) is 9.07. The van der Waals surface area contributed by atoms with E-state index < -0.39 is 13.9 Å². The van der Waals surface area contributed by atoms with Crippen LogP contribution in [0.2, 0.25) is 0 Å². The maximum absolute atomic E-state index is 12.1. The summed E-state index contributed by atoms with van der Waals surface area (Å²) in [4.78, 5) is 31.2. The number of likely N-dealkylation sites (tertiary alicyclic amines) is 1. The number of benzene rings is 1. The number of rotatable bonds is 17. The number of phosphoric acid groups is 1. The van der Waals surface area contributed by atoms with E-state index in [1.54, 1.807) is 4.90 Å². The summed E-state index contributed by atoms with van der Waals surface area (Å²) in [5, 5.41) is 0. The first-order valence-corrected chi connectivity index (χ1v) is 14.0. The molecule has 1 aliphatic rings. The fourth-order valence-corrected chi connectivity index (χ4v) is 4.85. The third-order valence-corrected chi connectivity index (χ3v) is 6.81. The molecule has 1 heterocycles. The normalized spacial score (nSPS) is 14.1. The number of carbonyl (C=O) groups is 1. The van der Waals surface area contributed by atoms with Crippen molar-refractivity contribution in [1.82, 2.24) is 11.1 Å². The summed E-state index contributed by atoms with van der Waals surface area (Å²) in [6, 6.07) is 8.88. The number of carbonyl (C=O) groups excluding carboxylic acids is 1. The summed E-state index contributed by atoms with van der Waals surface area (Å²) in [6.45, 7) is 2.82. The first kappa shape index (κ1) is 29.8. The number of amides is 1. The van der Waals surface area contributed by atoms with E-state index in [0.717, 1.165) is 25.7 Å². The standard InChI is InChI=1S/C25H42NO5P.H3N/c1-2-3-4-5-7-10-15-22-17-13-14-18-23(22)16-11-8-6-9-12-19-25(27)26-20-24(21-26)31-32(28,29)30;/h13-14,17-18,24H,2-12,15-16,19-21H2,1H3,(H2,28,29,30);1H3. The largest absolute Gasteiger partial charge is 0.469 e. The fraction of sp³-hybridized carbons (Fsp3) is 0.720. The molecular weight excluding hydrogens is 439 g/mol. The second-order valence-corrected chi connectivity index (χ2v) is 10.3. The van der Waals surface area contributed by atoms with Crippen molar-refractivity contribution in [2.75, 3.05) is 13.1 Å². The Labute approximate surface area is 200 Å². The lowest BCUT2D eigenvalue weighted by atomic mass is 9.96.